The van der Waals surface area contributed by atoms with Crippen LogP contribution >= 0.6 is 0 Å². The number of nitrogens with zero attached hydrogens (tertiary/aromatic N) is 2. The van der Waals surface area contributed by atoms with E-state index in [1.165, 1.54) is 12.2 Å². The SMILES string of the molecule is CC(C)=CCC(N=C=O)N=C=O. The van der Waals surface area contributed by atoms with E-state index in [1.807, 2.05) is 19.9 Å². The third-order valence-corrected chi connectivity index (χ3v) is 1.14. The lowest BCUT2D eigenvalue weighted by Crippen LogP contribution is -1.97. The number of allylic oxidation sites excluding steroid dienone is 1. The lowest BCUT2D eigenvalue weighted by Gasteiger charge is -1.97. The summed E-state index contributed by atoms with van der Waals surface area (Å²) in [4.78, 5) is 26.3. The Morgan fingerprint density at radius 3 is 2.17 bits per heavy atom. The minimum atomic E-state index is -0.658. The molecule has 0 rings (SSSR count). The van der Waals surface area contributed by atoms with E-state index in [0.29, 0.717) is 6.42 Å². The molecule has 0 radical (unpaired) electrons. The molecule has 0 unspecified atom stereocenters. The van der Waals surface area contributed by atoms with Gasteiger partial charge in [-0.1, -0.05) is 11.6 Å². The molecule has 0 aliphatic rings. The van der Waals surface area contributed by atoms with Crippen molar-refractivity contribution in [2.75, 3.05) is 0 Å². The van der Waals surface area contributed by atoms with Crippen LogP contribution in [0.15, 0.2) is 21.6 Å². The summed E-state index contributed by atoms with van der Waals surface area (Å²) >= 11 is 0. The zero-order valence-corrected chi connectivity index (χ0v) is 7.07. The van der Waals surface area contributed by atoms with Crippen LogP contribution in [0, 0.1) is 0 Å². The van der Waals surface area contributed by atoms with Gasteiger partial charge in [-0.25, -0.2) is 9.59 Å². The number of rotatable bonds is 4. The van der Waals surface area contributed by atoms with Gasteiger partial charge in [0.05, 0.1) is 0 Å². The second kappa shape index (κ2) is 6.23. The number of aliphatic imine (C=N–C) groups is 2. The topological polar surface area (TPSA) is 58.9 Å². The van der Waals surface area contributed by atoms with Gasteiger partial charge in [-0.3, -0.25) is 0 Å². The predicted molar refractivity (Wildman–Crippen MR) is 44.1 cm³/mol. The van der Waals surface area contributed by atoms with Gasteiger partial charge < -0.3 is 0 Å². The Hall–Kier alpha value is -1.50. The summed E-state index contributed by atoms with van der Waals surface area (Å²) in [5.74, 6) is 0. The fourth-order valence-electron chi connectivity index (χ4n) is 0.597. The molecule has 0 atom stereocenters. The molecule has 0 spiro atoms. The van der Waals surface area contributed by atoms with Gasteiger partial charge in [-0.05, 0) is 13.8 Å². The van der Waals surface area contributed by atoms with Gasteiger partial charge in [0.25, 0.3) is 0 Å². The number of hydrogen-bond acceptors (Lipinski definition) is 4. The lowest BCUT2D eigenvalue weighted by atomic mass is 10.2. The van der Waals surface area contributed by atoms with E-state index in [0.717, 1.165) is 5.57 Å². The molecular weight excluding hydrogens is 156 g/mol. The molecule has 4 nitrogen and oxygen atoms in total. The van der Waals surface area contributed by atoms with Crippen LogP contribution in [-0.2, 0) is 9.59 Å². The lowest BCUT2D eigenvalue weighted by molar-refractivity contribution is 0.549. The summed E-state index contributed by atoms with van der Waals surface area (Å²) in [5.41, 5.74) is 1.09. The van der Waals surface area contributed by atoms with Crippen LogP contribution in [0.3, 0.4) is 0 Å². The van der Waals surface area contributed by atoms with Crippen molar-refractivity contribution in [2.45, 2.75) is 26.4 Å². The van der Waals surface area contributed by atoms with E-state index >= 15 is 0 Å². The quantitative estimate of drug-likeness (QED) is 0.359. The number of carbonyl (C=O) groups excluding carboxylic acids is 2. The van der Waals surface area contributed by atoms with Crippen LogP contribution in [0.5, 0.6) is 0 Å². The normalized spacial score (nSPS) is 10.5. The molecule has 0 aromatic carbocycles. The highest BCUT2D eigenvalue weighted by molar-refractivity contribution is 5.37. The maximum absolute atomic E-state index is 9.83. The summed E-state index contributed by atoms with van der Waals surface area (Å²) in [6.07, 6.45) is 4.32. The summed E-state index contributed by atoms with van der Waals surface area (Å²) in [6, 6.07) is 0. The van der Waals surface area contributed by atoms with Crippen molar-refractivity contribution in [1.29, 1.82) is 0 Å². The summed E-state index contributed by atoms with van der Waals surface area (Å²) in [5, 5.41) is 0. The minimum absolute atomic E-state index is 0.437. The highest BCUT2D eigenvalue weighted by Gasteiger charge is 1.99. The molecule has 0 bridgehead atoms. The standard InChI is InChI=1S/C8H10N2O2/c1-7(2)3-4-8(9-5-11)10-6-12/h3,8H,4H2,1-2H3. The molecule has 12 heavy (non-hydrogen) atoms. The molecule has 0 aliphatic heterocycles. The largest absolute Gasteiger partial charge is 0.237 e. The van der Waals surface area contributed by atoms with Crippen LogP contribution in [0.4, 0.5) is 0 Å². The van der Waals surface area contributed by atoms with E-state index in [-0.39, 0.29) is 0 Å². The van der Waals surface area contributed by atoms with Crippen LogP contribution in [-0.4, -0.2) is 18.3 Å². The second-order valence-corrected chi connectivity index (χ2v) is 2.44. The average Bonchev–Trinajstić information content (AvgIpc) is 2.01. The van der Waals surface area contributed by atoms with Crippen LogP contribution in [0.1, 0.15) is 20.3 Å². The third kappa shape index (κ3) is 5.30. The summed E-state index contributed by atoms with van der Waals surface area (Å²) in [7, 11) is 0. The first-order chi connectivity index (χ1) is 5.70. The van der Waals surface area contributed by atoms with Gasteiger partial charge in [-0.15, -0.1) is 0 Å². The molecule has 0 N–H and O–H groups in total. The van der Waals surface area contributed by atoms with Gasteiger partial charge in [-0.2, -0.15) is 9.98 Å². The molecule has 0 aromatic heterocycles. The molecule has 0 heterocycles. The molecular formula is C8H10N2O2. The fraction of sp³-hybridized carbons (Fsp3) is 0.500. The van der Waals surface area contributed by atoms with E-state index in [1.54, 1.807) is 0 Å². The van der Waals surface area contributed by atoms with Gasteiger partial charge in [0, 0.05) is 6.42 Å². The Kier molecular flexibility index (Phi) is 5.45. The van der Waals surface area contributed by atoms with E-state index in [2.05, 4.69) is 9.98 Å². The number of isocyanates is 2. The zero-order valence-electron chi connectivity index (χ0n) is 7.07. The fourth-order valence-corrected chi connectivity index (χ4v) is 0.597. The van der Waals surface area contributed by atoms with E-state index in [9.17, 15) is 9.59 Å². The Morgan fingerprint density at radius 1 is 1.33 bits per heavy atom. The Labute approximate surface area is 70.7 Å². The second-order valence-electron chi connectivity index (χ2n) is 2.44. The third-order valence-electron chi connectivity index (χ3n) is 1.14. The molecule has 0 aromatic rings. The van der Waals surface area contributed by atoms with Crippen LogP contribution < -0.4 is 0 Å². The molecule has 4 heteroatoms. The monoisotopic (exact) mass is 166 g/mol. The molecule has 0 amide bonds. The van der Waals surface area contributed by atoms with Crippen molar-refractivity contribution < 1.29 is 9.59 Å². The van der Waals surface area contributed by atoms with Crippen molar-refractivity contribution >= 4 is 12.2 Å². The van der Waals surface area contributed by atoms with Crippen molar-refractivity contribution in [2.24, 2.45) is 9.98 Å². The van der Waals surface area contributed by atoms with Crippen molar-refractivity contribution in [3.8, 4) is 0 Å². The van der Waals surface area contributed by atoms with E-state index in [4.69, 9.17) is 0 Å². The van der Waals surface area contributed by atoms with E-state index < -0.39 is 6.17 Å². The van der Waals surface area contributed by atoms with Crippen molar-refractivity contribution in [3.05, 3.63) is 11.6 Å². The van der Waals surface area contributed by atoms with Crippen LogP contribution in [0.2, 0.25) is 0 Å². The summed E-state index contributed by atoms with van der Waals surface area (Å²) < 4.78 is 0. The Morgan fingerprint density at radius 2 is 1.83 bits per heavy atom. The molecule has 0 aliphatic carbocycles. The summed E-state index contributed by atoms with van der Waals surface area (Å²) in [6.45, 7) is 3.82. The smallest absolute Gasteiger partial charge is 0.211 e. The van der Waals surface area contributed by atoms with Crippen LogP contribution in [0.25, 0.3) is 0 Å². The Balaban J connectivity index is 4.23. The van der Waals surface area contributed by atoms with Gasteiger partial charge in [0.2, 0.25) is 12.2 Å². The predicted octanol–water partition coefficient (Wildman–Crippen LogP) is 1.34. The van der Waals surface area contributed by atoms with Gasteiger partial charge in [0.1, 0.15) is 0 Å². The maximum atomic E-state index is 9.83. The first-order valence-corrected chi connectivity index (χ1v) is 3.48. The van der Waals surface area contributed by atoms with Crippen molar-refractivity contribution in [3.63, 3.8) is 0 Å². The molecule has 0 saturated heterocycles. The zero-order chi connectivity index (χ0) is 9.40. The minimum Gasteiger partial charge on any atom is -0.211 e. The van der Waals surface area contributed by atoms with Gasteiger partial charge >= 0.3 is 0 Å². The van der Waals surface area contributed by atoms with Gasteiger partial charge in [0.15, 0.2) is 6.17 Å². The molecule has 0 fully saturated rings. The first-order valence-electron chi connectivity index (χ1n) is 3.48. The van der Waals surface area contributed by atoms with Crippen molar-refractivity contribution in [1.82, 2.24) is 0 Å². The maximum Gasteiger partial charge on any atom is 0.237 e. The highest BCUT2D eigenvalue weighted by Crippen LogP contribution is 2.02. The Bertz CT molecular complexity index is 236. The number of hydrogen-bond donors (Lipinski definition) is 0. The molecule has 0 saturated carbocycles. The average molecular weight is 166 g/mol. The highest BCUT2D eigenvalue weighted by atomic mass is 16.1. The first kappa shape index (κ1) is 10.5. The molecule has 64 valence electrons.